The van der Waals surface area contributed by atoms with E-state index in [4.69, 9.17) is 19.3 Å². The van der Waals surface area contributed by atoms with Gasteiger partial charge in [0.25, 0.3) is 5.91 Å². The number of nitrogens with zero attached hydrogens (tertiary/aromatic N) is 3. The molecular weight excluding hydrogens is 496 g/mol. The van der Waals surface area contributed by atoms with Crippen molar-refractivity contribution in [3.05, 3.63) is 59.8 Å². The van der Waals surface area contributed by atoms with Crippen molar-refractivity contribution < 1.29 is 23.8 Å². The zero-order valence-corrected chi connectivity index (χ0v) is 24.2. The van der Waals surface area contributed by atoms with Crippen LogP contribution in [0.2, 0.25) is 0 Å². The minimum atomic E-state index is -0.322. The van der Waals surface area contributed by atoms with E-state index in [1.54, 1.807) is 34.9 Å². The molecule has 1 N–H and O–H groups in total. The Balaban J connectivity index is 1.90. The summed E-state index contributed by atoms with van der Waals surface area (Å²) in [7, 11) is 4.68. The molecule has 0 aliphatic carbocycles. The second kappa shape index (κ2) is 12.7. The maximum atomic E-state index is 13.6. The van der Waals surface area contributed by atoms with E-state index in [-0.39, 0.29) is 23.8 Å². The second-order valence-corrected chi connectivity index (χ2v) is 10.8. The molecule has 2 amide bonds. The molecule has 0 bridgehead atoms. The van der Waals surface area contributed by atoms with E-state index in [1.807, 2.05) is 30.3 Å². The van der Waals surface area contributed by atoms with Crippen molar-refractivity contribution in [2.75, 3.05) is 39.7 Å². The van der Waals surface area contributed by atoms with Crippen molar-refractivity contribution in [3.8, 4) is 22.9 Å². The molecule has 1 heterocycles. The molecule has 9 nitrogen and oxygen atoms in total. The number of ether oxygens (including phenoxy) is 3. The minimum Gasteiger partial charge on any atom is -0.497 e. The van der Waals surface area contributed by atoms with Gasteiger partial charge in [0, 0.05) is 29.7 Å². The molecule has 0 atom stereocenters. The SMILES string of the molecule is COc1ccc(-n2nc(C(C)(C)C)cc2NC(=O)CN(CCC(C)C)C(=O)c2cc(OC)cc(OC)c2)cc1. The van der Waals surface area contributed by atoms with Crippen LogP contribution in [0.3, 0.4) is 0 Å². The molecule has 0 spiro atoms. The Kier molecular flexibility index (Phi) is 9.61. The number of carbonyl (C=O) groups is 2. The molecule has 1 aromatic heterocycles. The first-order valence-corrected chi connectivity index (χ1v) is 13.0. The highest BCUT2D eigenvalue weighted by atomic mass is 16.5. The van der Waals surface area contributed by atoms with Crippen LogP contribution in [-0.2, 0) is 10.2 Å². The van der Waals surface area contributed by atoms with Crippen LogP contribution >= 0.6 is 0 Å². The van der Waals surface area contributed by atoms with Crippen LogP contribution in [0.5, 0.6) is 17.2 Å². The lowest BCUT2D eigenvalue weighted by Crippen LogP contribution is -2.39. The zero-order valence-electron chi connectivity index (χ0n) is 24.2. The smallest absolute Gasteiger partial charge is 0.254 e. The van der Waals surface area contributed by atoms with Gasteiger partial charge in [-0.25, -0.2) is 4.68 Å². The number of amides is 2. The zero-order chi connectivity index (χ0) is 28.7. The number of carbonyl (C=O) groups excluding carboxylic acids is 2. The molecule has 0 fully saturated rings. The lowest BCUT2D eigenvalue weighted by Gasteiger charge is -2.24. The summed E-state index contributed by atoms with van der Waals surface area (Å²) in [6.07, 6.45) is 0.748. The first-order valence-electron chi connectivity index (χ1n) is 13.0. The number of nitrogens with one attached hydrogen (secondary N) is 1. The number of hydrogen-bond acceptors (Lipinski definition) is 6. The monoisotopic (exact) mass is 536 g/mol. The fourth-order valence-electron chi connectivity index (χ4n) is 3.89. The summed E-state index contributed by atoms with van der Waals surface area (Å²) >= 11 is 0. The highest BCUT2D eigenvalue weighted by Crippen LogP contribution is 2.28. The van der Waals surface area contributed by atoms with E-state index >= 15 is 0 Å². The fourth-order valence-corrected chi connectivity index (χ4v) is 3.89. The van der Waals surface area contributed by atoms with E-state index in [2.05, 4.69) is 39.9 Å². The van der Waals surface area contributed by atoms with E-state index in [9.17, 15) is 9.59 Å². The highest BCUT2D eigenvalue weighted by Gasteiger charge is 2.24. The molecule has 39 heavy (non-hydrogen) atoms. The lowest BCUT2D eigenvalue weighted by molar-refractivity contribution is -0.117. The third kappa shape index (κ3) is 7.75. The first kappa shape index (κ1) is 29.5. The summed E-state index contributed by atoms with van der Waals surface area (Å²) in [5, 5.41) is 7.76. The third-order valence-electron chi connectivity index (χ3n) is 6.26. The largest absolute Gasteiger partial charge is 0.497 e. The van der Waals surface area contributed by atoms with Crippen LogP contribution in [0.25, 0.3) is 5.69 Å². The van der Waals surface area contributed by atoms with Gasteiger partial charge in [0.1, 0.15) is 29.6 Å². The average Bonchev–Trinajstić information content (AvgIpc) is 3.34. The van der Waals surface area contributed by atoms with Crippen molar-refractivity contribution in [2.24, 2.45) is 5.92 Å². The topological polar surface area (TPSA) is 94.9 Å². The molecule has 0 aliphatic heterocycles. The van der Waals surface area contributed by atoms with Gasteiger partial charge in [-0.1, -0.05) is 34.6 Å². The maximum absolute atomic E-state index is 13.6. The fraction of sp³-hybridized carbons (Fsp3) is 0.433. The second-order valence-electron chi connectivity index (χ2n) is 10.8. The Labute approximate surface area is 231 Å². The van der Waals surface area contributed by atoms with Gasteiger partial charge in [-0.2, -0.15) is 5.10 Å². The van der Waals surface area contributed by atoms with Gasteiger partial charge in [-0.05, 0) is 48.7 Å². The predicted octanol–water partition coefficient (Wildman–Crippen LogP) is 5.32. The van der Waals surface area contributed by atoms with E-state index in [0.29, 0.717) is 35.3 Å². The van der Waals surface area contributed by atoms with Crippen LogP contribution in [0.4, 0.5) is 5.82 Å². The van der Waals surface area contributed by atoms with Gasteiger partial charge in [0.15, 0.2) is 0 Å². The molecule has 0 saturated heterocycles. The number of benzene rings is 2. The van der Waals surface area contributed by atoms with Crippen LogP contribution in [0, 0.1) is 5.92 Å². The van der Waals surface area contributed by atoms with E-state index < -0.39 is 0 Å². The van der Waals surface area contributed by atoms with Crippen molar-refractivity contribution in [1.82, 2.24) is 14.7 Å². The minimum absolute atomic E-state index is 0.121. The molecular formula is C30H40N4O5. The van der Waals surface area contributed by atoms with Gasteiger partial charge in [-0.15, -0.1) is 0 Å². The summed E-state index contributed by atoms with van der Waals surface area (Å²) in [6.45, 7) is 10.7. The number of rotatable bonds is 11. The number of aromatic nitrogens is 2. The van der Waals surface area contributed by atoms with Crippen molar-refractivity contribution in [3.63, 3.8) is 0 Å². The van der Waals surface area contributed by atoms with Gasteiger partial charge in [0.05, 0.1) is 32.7 Å². The molecule has 210 valence electrons. The number of hydrogen-bond donors (Lipinski definition) is 1. The highest BCUT2D eigenvalue weighted by molar-refractivity contribution is 5.99. The van der Waals surface area contributed by atoms with Crippen LogP contribution in [-0.4, -0.2) is 60.9 Å². The van der Waals surface area contributed by atoms with Crippen LogP contribution in [0.1, 0.15) is 57.1 Å². The Morgan fingerprint density at radius 3 is 2.03 bits per heavy atom. The molecule has 3 aromatic rings. The predicted molar refractivity (Wildman–Crippen MR) is 152 cm³/mol. The van der Waals surface area contributed by atoms with Gasteiger partial charge < -0.3 is 24.4 Å². The van der Waals surface area contributed by atoms with E-state index in [0.717, 1.165) is 23.6 Å². The first-order chi connectivity index (χ1) is 18.4. The summed E-state index contributed by atoms with van der Waals surface area (Å²) in [5.74, 6) is 2.01. The molecule has 3 rings (SSSR count). The van der Waals surface area contributed by atoms with Crippen molar-refractivity contribution >= 4 is 17.6 Å². The summed E-state index contributed by atoms with van der Waals surface area (Å²) in [5.41, 5.74) is 1.76. The van der Waals surface area contributed by atoms with Gasteiger partial charge in [0.2, 0.25) is 5.91 Å². The Hall–Kier alpha value is -4.01. The third-order valence-corrected chi connectivity index (χ3v) is 6.26. The summed E-state index contributed by atoms with van der Waals surface area (Å²) in [4.78, 5) is 28.5. The molecule has 9 heteroatoms. The molecule has 0 aliphatic rings. The normalized spacial score (nSPS) is 11.3. The average molecular weight is 537 g/mol. The van der Waals surface area contributed by atoms with Crippen molar-refractivity contribution in [2.45, 2.75) is 46.5 Å². The quantitative estimate of drug-likeness (QED) is 0.356. The Morgan fingerprint density at radius 1 is 0.923 bits per heavy atom. The number of anilines is 1. The summed E-state index contributed by atoms with van der Waals surface area (Å²) < 4.78 is 17.7. The molecule has 0 radical (unpaired) electrons. The lowest BCUT2D eigenvalue weighted by atomic mass is 9.92. The van der Waals surface area contributed by atoms with E-state index in [1.165, 1.54) is 14.2 Å². The maximum Gasteiger partial charge on any atom is 0.254 e. The van der Waals surface area contributed by atoms with Gasteiger partial charge >= 0.3 is 0 Å². The Morgan fingerprint density at radius 2 is 1.51 bits per heavy atom. The Bertz CT molecular complexity index is 1250. The standard InChI is InChI=1S/C30H40N4O5/c1-20(2)13-14-33(29(36)21-15-24(38-7)17-25(16-21)39-8)19-28(35)31-27-18-26(30(3,4)5)32-34(27)22-9-11-23(37-6)12-10-22/h9-12,15-18,20H,13-14,19H2,1-8H3,(H,31,35). The molecule has 0 unspecified atom stereocenters. The summed E-state index contributed by atoms with van der Waals surface area (Å²) in [6, 6.07) is 14.3. The molecule has 2 aromatic carbocycles. The molecule has 0 saturated carbocycles. The van der Waals surface area contributed by atoms with Crippen LogP contribution < -0.4 is 19.5 Å². The van der Waals surface area contributed by atoms with Crippen LogP contribution in [0.15, 0.2) is 48.5 Å². The number of methoxy groups -OCH3 is 3. The van der Waals surface area contributed by atoms with Gasteiger partial charge in [-0.3, -0.25) is 9.59 Å². The van der Waals surface area contributed by atoms with Crippen molar-refractivity contribution in [1.29, 1.82) is 0 Å².